The molecule has 2 aromatic rings. The van der Waals surface area contributed by atoms with Crippen molar-refractivity contribution in [3.05, 3.63) is 17.2 Å². The van der Waals surface area contributed by atoms with Crippen molar-refractivity contribution >= 4 is 57.0 Å². The molecular formula is C12H13ClN4S2. The first kappa shape index (κ1) is 13.1. The third-order valence-electron chi connectivity index (χ3n) is 3.07. The lowest BCUT2D eigenvalue weighted by atomic mass is 10.2. The average Bonchev–Trinajstić information content (AvgIpc) is 2.91. The van der Waals surface area contributed by atoms with Crippen LogP contribution in [-0.4, -0.2) is 25.7 Å². The third kappa shape index (κ3) is 2.70. The van der Waals surface area contributed by atoms with Crippen molar-refractivity contribution in [3.63, 3.8) is 0 Å². The van der Waals surface area contributed by atoms with Crippen molar-refractivity contribution in [3.8, 4) is 0 Å². The summed E-state index contributed by atoms with van der Waals surface area (Å²) in [5.41, 5.74) is 2.50. The number of aromatic nitrogens is 2. The largest absolute Gasteiger partial charge is 0.332 e. The second-order valence-electron chi connectivity index (χ2n) is 4.31. The van der Waals surface area contributed by atoms with Gasteiger partial charge in [0.2, 0.25) is 0 Å². The van der Waals surface area contributed by atoms with Gasteiger partial charge in [-0.2, -0.15) is 8.75 Å². The first-order valence-corrected chi connectivity index (χ1v) is 8.25. The Hall–Kier alpha value is -0.850. The molecule has 4 nitrogen and oxygen atoms in total. The molecule has 1 aliphatic heterocycles. The molecule has 0 fully saturated rings. The van der Waals surface area contributed by atoms with Crippen LogP contribution >= 0.6 is 35.1 Å². The summed E-state index contributed by atoms with van der Waals surface area (Å²) in [5, 5.41) is 4.91. The van der Waals surface area contributed by atoms with Crippen LogP contribution in [0.5, 0.6) is 0 Å². The number of nitrogens with zero attached hydrogens (tertiary/aromatic N) is 3. The van der Waals surface area contributed by atoms with Crippen molar-refractivity contribution in [2.45, 2.75) is 25.8 Å². The van der Waals surface area contributed by atoms with Crippen LogP contribution in [0.4, 0.5) is 5.69 Å². The highest BCUT2D eigenvalue weighted by atomic mass is 35.5. The molecule has 1 atom stereocenters. The van der Waals surface area contributed by atoms with Gasteiger partial charge in [0, 0.05) is 5.75 Å². The molecule has 1 unspecified atom stereocenters. The summed E-state index contributed by atoms with van der Waals surface area (Å²) in [6.07, 6.45) is 2.21. The number of nitrogens with one attached hydrogen (secondary N) is 1. The van der Waals surface area contributed by atoms with Gasteiger partial charge in [0.1, 0.15) is 11.0 Å². The molecule has 1 aromatic heterocycles. The number of anilines is 1. The number of benzene rings is 1. The maximum Gasteiger partial charge on any atom is 0.161 e. The molecule has 0 aliphatic carbocycles. The van der Waals surface area contributed by atoms with Crippen molar-refractivity contribution in [1.82, 2.24) is 8.75 Å². The van der Waals surface area contributed by atoms with E-state index in [-0.39, 0.29) is 0 Å². The summed E-state index contributed by atoms with van der Waals surface area (Å²) in [4.78, 5) is 4.69. The second-order valence-corrected chi connectivity index (χ2v) is 6.33. The first-order valence-electron chi connectivity index (χ1n) is 6.16. The number of fused-ring (bicyclic) bond motifs is 1. The summed E-state index contributed by atoms with van der Waals surface area (Å²) >= 11 is 9.19. The van der Waals surface area contributed by atoms with E-state index in [1.54, 1.807) is 11.8 Å². The lowest BCUT2D eigenvalue weighted by Crippen LogP contribution is -2.19. The summed E-state index contributed by atoms with van der Waals surface area (Å²) in [6, 6.07) is 4.14. The van der Waals surface area contributed by atoms with E-state index >= 15 is 0 Å². The summed E-state index contributed by atoms with van der Waals surface area (Å²) < 4.78 is 8.53. The lowest BCUT2D eigenvalue weighted by molar-refractivity contribution is 0.634. The zero-order chi connectivity index (χ0) is 13.2. The van der Waals surface area contributed by atoms with Crippen LogP contribution < -0.4 is 5.32 Å². The van der Waals surface area contributed by atoms with Gasteiger partial charge < -0.3 is 5.32 Å². The predicted octanol–water partition coefficient (Wildman–Crippen LogP) is 4.03. The molecule has 1 N–H and O–H groups in total. The maximum atomic E-state index is 6.26. The molecule has 2 heterocycles. The first-order chi connectivity index (χ1) is 9.28. The Balaban J connectivity index is 1.94. The molecule has 0 radical (unpaired) electrons. The summed E-state index contributed by atoms with van der Waals surface area (Å²) in [5.74, 6) is 1.09. The van der Waals surface area contributed by atoms with E-state index in [4.69, 9.17) is 16.6 Å². The average molecular weight is 313 g/mol. The summed E-state index contributed by atoms with van der Waals surface area (Å²) in [6.45, 7) is 2.17. The fourth-order valence-electron chi connectivity index (χ4n) is 1.98. The van der Waals surface area contributed by atoms with Crippen LogP contribution in [0, 0.1) is 0 Å². The number of hydrogen-bond acceptors (Lipinski definition) is 6. The van der Waals surface area contributed by atoms with Crippen molar-refractivity contribution in [2.24, 2.45) is 4.99 Å². The Morgan fingerprint density at radius 1 is 1.42 bits per heavy atom. The predicted molar refractivity (Wildman–Crippen MR) is 84.6 cm³/mol. The molecule has 100 valence electrons. The van der Waals surface area contributed by atoms with Gasteiger partial charge in [0.15, 0.2) is 5.17 Å². The van der Waals surface area contributed by atoms with E-state index in [1.807, 2.05) is 12.1 Å². The van der Waals surface area contributed by atoms with Crippen LogP contribution in [0.25, 0.3) is 11.0 Å². The molecule has 0 saturated carbocycles. The highest BCUT2D eigenvalue weighted by Crippen LogP contribution is 2.31. The zero-order valence-electron chi connectivity index (χ0n) is 10.4. The van der Waals surface area contributed by atoms with Crippen LogP contribution in [0.3, 0.4) is 0 Å². The zero-order valence-corrected chi connectivity index (χ0v) is 12.8. The number of thioether (sulfide) groups is 1. The molecule has 19 heavy (non-hydrogen) atoms. The highest BCUT2D eigenvalue weighted by molar-refractivity contribution is 8.14. The topological polar surface area (TPSA) is 50.2 Å². The molecule has 0 spiro atoms. The molecule has 1 aliphatic rings. The fourth-order valence-corrected chi connectivity index (χ4v) is 3.70. The van der Waals surface area contributed by atoms with Crippen molar-refractivity contribution in [2.75, 3.05) is 11.1 Å². The molecule has 0 bridgehead atoms. The molecule has 0 saturated heterocycles. The SMILES string of the molecule is CCC1CCSC(Nc2c(Cl)ccc3nsnc23)=N1. The Kier molecular flexibility index (Phi) is 3.91. The summed E-state index contributed by atoms with van der Waals surface area (Å²) in [7, 11) is 0. The van der Waals surface area contributed by atoms with Gasteiger partial charge in [0.25, 0.3) is 0 Å². The number of aliphatic imine (C=N–C) groups is 1. The highest BCUT2D eigenvalue weighted by Gasteiger charge is 2.17. The van der Waals surface area contributed by atoms with Gasteiger partial charge in [-0.1, -0.05) is 30.3 Å². The Morgan fingerprint density at radius 3 is 3.16 bits per heavy atom. The van der Waals surface area contributed by atoms with Crippen molar-refractivity contribution in [1.29, 1.82) is 0 Å². The number of halogens is 1. The third-order valence-corrected chi connectivity index (χ3v) is 4.85. The molecule has 1 aromatic carbocycles. The number of hydrogen-bond donors (Lipinski definition) is 1. The molecular weight excluding hydrogens is 300 g/mol. The number of amidine groups is 1. The minimum Gasteiger partial charge on any atom is -0.332 e. The van der Waals surface area contributed by atoms with E-state index in [0.29, 0.717) is 11.1 Å². The Labute approximate surface area is 125 Å². The Morgan fingerprint density at radius 2 is 2.32 bits per heavy atom. The van der Waals surface area contributed by atoms with Gasteiger partial charge in [-0.05, 0) is 25.0 Å². The normalized spacial score (nSPS) is 19.5. The van der Waals surface area contributed by atoms with Gasteiger partial charge in [-0.3, -0.25) is 4.99 Å². The van der Waals surface area contributed by atoms with E-state index in [2.05, 4.69) is 21.0 Å². The fraction of sp³-hybridized carbons (Fsp3) is 0.417. The monoisotopic (exact) mass is 312 g/mol. The minimum atomic E-state index is 0.412. The van der Waals surface area contributed by atoms with Gasteiger partial charge in [0.05, 0.1) is 28.5 Å². The van der Waals surface area contributed by atoms with Gasteiger partial charge in [-0.15, -0.1) is 0 Å². The van der Waals surface area contributed by atoms with Crippen LogP contribution in [0.2, 0.25) is 5.02 Å². The maximum absolute atomic E-state index is 6.26. The van der Waals surface area contributed by atoms with Gasteiger partial charge >= 0.3 is 0 Å². The molecule has 7 heteroatoms. The standard InChI is InChI=1S/C12H13ClN4S2/c1-2-7-5-6-18-12(14-7)15-10-8(13)3-4-9-11(10)17-19-16-9/h3-4,7H,2,5-6H2,1H3,(H,14,15). The quantitative estimate of drug-likeness (QED) is 0.909. The lowest BCUT2D eigenvalue weighted by Gasteiger charge is -2.20. The van der Waals surface area contributed by atoms with Gasteiger partial charge in [-0.25, -0.2) is 0 Å². The second kappa shape index (κ2) is 5.64. The molecule has 0 amide bonds. The van der Waals surface area contributed by atoms with E-state index in [1.165, 1.54) is 11.7 Å². The van der Waals surface area contributed by atoms with Crippen LogP contribution in [-0.2, 0) is 0 Å². The van der Waals surface area contributed by atoms with Crippen molar-refractivity contribution < 1.29 is 0 Å². The Bertz CT molecular complexity index is 625. The van der Waals surface area contributed by atoms with Crippen LogP contribution in [0.1, 0.15) is 19.8 Å². The molecule has 3 rings (SSSR count). The van der Waals surface area contributed by atoms with E-state index < -0.39 is 0 Å². The van der Waals surface area contributed by atoms with Crippen LogP contribution in [0.15, 0.2) is 17.1 Å². The van der Waals surface area contributed by atoms with E-state index in [9.17, 15) is 0 Å². The smallest absolute Gasteiger partial charge is 0.161 e. The van der Waals surface area contributed by atoms with E-state index in [0.717, 1.165) is 40.5 Å². The number of rotatable bonds is 2. The minimum absolute atomic E-state index is 0.412.